The highest BCUT2D eigenvalue weighted by molar-refractivity contribution is 5.93. The molecule has 1 aromatic rings. The molecule has 2 heterocycles. The van der Waals surface area contributed by atoms with E-state index in [0.717, 1.165) is 24.2 Å². The number of fused-ring (bicyclic) bond motifs is 1. The lowest BCUT2D eigenvalue weighted by Gasteiger charge is -2.01. The fourth-order valence-corrected chi connectivity index (χ4v) is 1.31. The third-order valence-corrected chi connectivity index (χ3v) is 1.93. The number of nitrogens with two attached hydrogens (primary N) is 1. The number of aliphatic imine (C=N–C) groups is 1. The van der Waals surface area contributed by atoms with Gasteiger partial charge in [0.2, 0.25) is 0 Å². The van der Waals surface area contributed by atoms with Crippen LogP contribution in [-0.2, 0) is 6.42 Å². The van der Waals surface area contributed by atoms with Gasteiger partial charge in [-0.2, -0.15) is 0 Å². The van der Waals surface area contributed by atoms with Crippen LogP contribution in [0.3, 0.4) is 0 Å². The van der Waals surface area contributed by atoms with E-state index >= 15 is 0 Å². The second-order valence-electron chi connectivity index (χ2n) is 2.77. The van der Waals surface area contributed by atoms with E-state index in [9.17, 15) is 4.79 Å². The molecule has 1 aromatic heterocycles. The maximum absolute atomic E-state index is 10.8. The van der Waals surface area contributed by atoms with E-state index in [1.807, 2.05) is 0 Å². The second-order valence-corrected chi connectivity index (χ2v) is 2.77. The molecule has 2 rings (SSSR count). The monoisotopic (exact) mass is 163 g/mol. The molecule has 3 N–H and O–H groups in total. The summed E-state index contributed by atoms with van der Waals surface area (Å²) in [6, 6.07) is 1.79. The van der Waals surface area contributed by atoms with Gasteiger partial charge in [0, 0.05) is 12.8 Å². The maximum atomic E-state index is 10.8. The molecule has 0 aliphatic carbocycles. The smallest absolute Gasteiger partial charge is 0.265 e. The number of carbonyl (C=O) groups is 1. The molecule has 4 nitrogen and oxygen atoms in total. The van der Waals surface area contributed by atoms with Gasteiger partial charge >= 0.3 is 0 Å². The quantitative estimate of drug-likeness (QED) is 0.605. The highest BCUT2D eigenvalue weighted by Crippen LogP contribution is 2.12. The van der Waals surface area contributed by atoms with Crippen LogP contribution in [0.4, 0.5) is 0 Å². The number of aromatic nitrogens is 1. The molecule has 0 spiro atoms. The highest BCUT2D eigenvalue weighted by atomic mass is 16.1. The predicted molar refractivity (Wildman–Crippen MR) is 45.5 cm³/mol. The molecule has 0 radical (unpaired) electrons. The van der Waals surface area contributed by atoms with Gasteiger partial charge in [-0.1, -0.05) is 0 Å². The number of rotatable bonds is 1. The Kier molecular flexibility index (Phi) is 1.46. The van der Waals surface area contributed by atoms with E-state index in [0.29, 0.717) is 5.69 Å². The largest absolute Gasteiger partial charge is 0.364 e. The van der Waals surface area contributed by atoms with E-state index < -0.39 is 5.91 Å². The second kappa shape index (κ2) is 2.48. The number of aromatic amines is 1. The molecule has 4 heteroatoms. The van der Waals surface area contributed by atoms with Gasteiger partial charge in [-0.3, -0.25) is 9.79 Å². The first kappa shape index (κ1) is 7.09. The SMILES string of the molecule is NC(=O)c1cc2c([nH]1)C=NCC2. The molecule has 1 amide bonds. The molecule has 0 aromatic carbocycles. The van der Waals surface area contributed by atoms with Crippen LogP contribution < -0.4 is 5.73 Å². The fraction of sp³-hybridized carbons (Fsp3) is 0.250. The molecule has 1 aliphatic heterocycles. The van der Waals surface area contributed by atoms with Gasteiger partial charge in [-0.05, 0) is 18.1 Å². The summed E-state index contributed by atoms with van der Waals surface area (Å²) in [6.07, 6.45) is 2.63. The van der Waals surface area contributed by atoms with Crippen molar-refractivity contribution >= 4 is 12.1 Å². The number of carbonyl (C=O) groups excluding carboxylic acids is 1. The van der Waals surface area contributed by atoms with Crippen LogP contribution in [-0.4, -0.2) is 23.7 Å². The first-order valence-electron chi connectivity index (χ1n) is 3.79. The number of primary amides is 1. The summed E-state index contributed by atoms with van der Waals surface area (Å²) in [5, 5.41) is 0. The normalized spacial score (nSPS) is 14.3. The summed E-state index contributed by atoms with van der Waals surface area (Å²) in [5.74, 6) is -0.419. The molecular formula is C8H9N3O. The van der Waals surface area contributed by atoms with E-state index in [2.05, 4.69) is 9.98 Å². The molecule has 0 bridgehead atoms. The van der Waals surface area contributed by atoms with Gasteiger partial charge in [0.15, 0.2) is 0 Å². The van der Waals surface area contributed by atoms with E-state index in [4.69, 9.17) is 5.73 Å². The average molecular weight is 163 g/mol. The Balaban J connectivity index is 2.46. The Morgan fingerprint density at radius 3 is 3.17 bits per heavy atom. The lowest BCUT2D eigenvalue weighted by molar-refractivity contribution is 0.0996. The Hall–Kier alpha value is -1.58. The lowest BCUT2D eigenvalue weighted by atomic mass is 10.1. The van der Waals surface area contributed by atoms with Crippen molar-refractivity contribution in [2.24, 2.45) is 10.7 Å². The predicted octanol–water partition coefficient (Wildman–Crippen LogP) is 0.0886. The van der Waals surface area contributed by atoms with Crippen molar-refractivity contribution in [1.82, 2.24) is 4.98 Å². The molecule has 0 saturated carbocycles. The van der Waals surface area contributed by atoms with Crippen molar-refractivity contribution < 1.29 is 4.79 Å². The van der Waals surface area contributed by atoms with Crippen LogP contribution in [0.5, 0.6) is 0 Å². The number of nitrogens with zero attached hydrogens (tertiary/aromatic N) is 1. The van der Waals surface area contributed by atoms with Crippen molar-refractivity contribution in [3.8, 4) is 0 Å². The Labute approximate surface area is 69.5 Å². The van der Waals surface area contributed by atoms with E-state index in [1.165, 1.54) is 0 Å². The molecule has 0 atom stereocenters. The fourth-order valence-electron chi connectivity index (χ4n) is 1.31. The van der Waals surface area contributed by atoms with Crippen LogP contribution in [0.2, 0.25) is 0 Å². The first-order chi connectivity index (χ1) is 5.77. The van der Waals surface area contributed by atoms with Crippen molar-refractivity contribution in [3.05, 3.63) is 23.0 Å². The lowest BCUT2D eigenvalue weighted by Crippen LogP contribution is -2.11. The molecular weight excluding hydrogens is 154 g/mol. The molecule has 1 aliphatic rings. The van der Waals surface area contributed by atoms with Crippen molar-refractivity contribution in [3.63, 3.8) is 0 Å². The van der Waals surface area contributed by atoms with Crippen molar-refractivity contribution in [2.45, 2.75) is 6.42 Å². The zero-order valence-electron chi connectivity index (χ0n) is 6.50. The van der Waals surface area contributed by atoms with Gasteiger partial charge in [0.05, 0.1) is 5.69 Å². The van der Waals surface area contributed by atoms with Gasteiger partial charge in [-0.15, -0.1) is 0 Å². The molecule has 0 saturated heterocycles. The average Bonchev–Trinajstić information content (AvgIpc) is 2.46. The molecule has 62 valence electrons. The van der Waals surface area contributed by atoms with Crippen LogP contribution in [0.15, 0.2) is 11.1 Å². The summed E-state index contributed by atoms with van der Waals surface area (Å²) in [7, 11) is 0. The first-order valence-corrected chi connectivity index (χ1v) is 3.79. The van der Waals surface area contributed by atoms with Crippen LogP contribution >= 0.6 is 0 Å². The number of nitrogens with one attached hydrogen (secondary N) is 1. The molecule has 0 unspecified atom stereocenters. The Bertz CT molecular complexity index is 351. The number of hydrogen-bond donors (Lipinski definition) is 2. The minimum Gasteiger partial charge on any atom is -0.364 e. The molecule has 12 heavy (non-hydrogen) atoms. The van der Waals surface area contributed by atoms with Crippen LogP contribution in [0.25, 0.3) is 0 Å². The minimum atomic E-state index is -0.419. The summed E-state index contributed by atoms with van der Waals surface area (Å²) >= 11 is 0. The van der Waals surface area contributed by atoms with Gasteiger partial charge in [0.25, 0.3) is 5.91 Å². The topological polar surface area (TPSA) is 71.2 Å². The Morgan fingerprint density at radius 2 is 2.50 bits per heavy atom. The van der Waals surface area contributed by atoms with Crippen LogP contribution in [0.1, 0.15) is 21.7 Å². The maximum Gasteiger partial charge on any atom is 0.265 e. The van der Waals surface area contributed by atoms with E-state index in [-0.39, 0.29) is 0 Å². The Morgan fingerprint density at radius 1 is 1.67 bits per heavy atom. The standard InChI is InChI=1S/C8H9N3O/c9-8(12)6-3-5-1-2-10-4-7(5)11-6/h3-4,11H,1-2H2,(H2,9,12). The van der Waals surface area contributed by atoms with Crippen molar-refractivity contribution in [1.29, 1.82) is 0 Å². The number of amides is 1. The molecule has 0 fully saturated rings. The van der Waals surface area contributed by atoms with E-state index in [1.54, 1.807) is 12.3 Å². The summed E-state index contributed by atoms with van der Waals surface area (Å²) < 4.78 is 0. The third kappa shape index (κ3) is 1.01. The van der Waals surface area contributed by atoms with Crippen LogP contribution in [0, 0.1) is 0 Å². The number of hydrogen-bond acceptors (Lipinski definition) is 2. The van der Waals surface area contributed by atoms with Gasteiger partial charge in [0.1, 0.15) is 5.69 Å². The van der Waals surface area contributed by atoms with Crippen molar-refractivity contribution in [2.75, 3.05) is 6.54 Å². The third-order valence-electron chi connectivity index (χ3n) is 1.93. The zero-order valence-corrected chi connectivity index (χ0v) is 6.50. The minimum absolute atomic E-state index is 0.419. The summed E-state index contributed by atoms with van der Waals surface area (Å²) in [6.45, 7) is 0.795. The van der Waals surface area contributed by atoms with Gasteiger partial charge < -0.3 is 10.7 Å². The summed E-state index contributed by atoms with van der Waals surface area (Å²) in [4.78, 5) is 17.8. The van der Waals surface area contributed by atoms with Gasteiger partial charge in [-0.25, -0.2) is 0 Å². The number of H-pyrrole nitrogens is 1. The highest BCUT2D eigenvalue weighted by Gasteiger charge is 2.11. The zero-order chi connectivity index (χ0) is 8.55. The summed E-state index contributed by atoms with van der Waals surface area (Å²) in [5.41, 5.74) is 7.61.